The standard InChI is InChI=1S/C17H27N3/c1-19-8-3-9-20(11-10-19)14-16-5-2-4-15(12-16)13-18-17-6-7-17/h2,4-5,12,17-18H,3,6-11,13-14H2,1H3. The van der Waals surface area contributed by atoms with E-state index in [0.29, 0.717) is 0 Å². The molecule has 1 saturated carbocycles. The normalized spacial score (nSPS) is 21.9. The first-order valence-corrected chi connectivity index (χ1v) is 8.02. The maximum Gasteiger partial charge on any atom is 0.0234 e. The second-order valence-electron chi connectivity index (χ2n) is 6.41. The molecule has 2 aliphatic rings. The molecule has 0 aromatic heterocycles. The fourth-order valence-corrected chi connectivity index (χ4v) is 2.90. The van der Waals surface area contributed by atoms with Gasteiger partial charge in [0, 0.05) is 32.2 Å². The van der Waals surface area contributed by atoms with E-state index in [2.05, 4.69) is 46.4 Å². The summed E-state index contributed by atoms with van der Waals surface area (Å²) in [5.41, 5.74) is 2.89. The Morgan fingerprint density at radius 2 is 1.95 bits per heavy atom. The minimum atomic E-state index is 0.791. The summed E-state index contributed by atoms with van der Waals surface area (Å²) in [5, 5.41) is 3.60. The minimum absolute atomic E-state index is 0.791. The number of nitrogens with zero attached hydrogens (tertiary/aromatic N) is 2. The van der Waals surface area contributed by atoms with Crippen LogP contribution in [-0.2, 0) is 13.1 Å². The largest absolute Gasteiger partial charge is 0.310 e. The van der Waals surface area contributed by atoms with Crippen molar-refractivity contribution in [2.75, 3.05) is 33.2 Å². The summed E-state index contributed by atoms with van der Waals surface area (Å²) in [6.07, 6.45) is 4.02. The topological polar surface area (TPSA) is 18.5 Å². The van der Waals surface area contributed by atoms with E-state index in [9.17, 15) is 0 Å². The minimum Gasteiger partial charge on any atom is -0.310 e. The van der Waals surface area contributed by atoms with Crippen molar-refractivity contribution in [3.63, 3.8) is 0 Å². The Hall–Kier alpha value is -0.900. The Morgan fingerprint density at radius 1 is 1.10 bits per heavy atom. The van der Waals surface area contributed by atoms with Crippen molar-refractivity contribution in [1.29, 1.82) is 0 Å². The average Bonchev–Trinajstić information content (AvgIpc) is 3.27. The first-order chi connectivity index (χ1) is 9.79. The molecule has 1 aliphatic heterocycles. The zero-order valence-electron chi connectivity index (χ0n) is 12.6. The molecule has 1 aliphatic carbocycles. The summed E-state index contributed by atoms with van der Waals surface area (Å²) >= 11 is 0. The molecular formula is C17H27N3. The molecule has 0 atom stereocenters. The van der Waals surface area contributed by atoms with Gasteiger partial charge < -0.3 is 10.2 Å². The smallest absolute Gasteiger partial charge is 0.0234 e. The molecule has 0 amide bonds. The highest BCUT2D eigenvalue weighted by molar-refractivity contribution is 5.23. The lowest BCUT2D eigenvalue weighted by atomic mass is 10.1. The maximum atomic E-state index is 3.60. The Kier molecular flexibility index (Phi) is 4.71. The number of benzene rings is 1. The van der Waals surface area contributed by atoms with Gasteiger partial charge in [0.15, 0.2) is 0 Å². The Bertz CT molecular complexity index is 428. The predicted molar refractivity (Wildman–Crippen MR) is 83.7 cm³/mol. The van der Waals surface area contributed by atoms with Gasteiger partial charge in [-0.05, 0) is 50.5 Å². The molecule has 3 rings (SSSR count). The second kappa shape index (κ2) is 6.70. The third-order valence-electron chi connectivity index (χ3n) is 4.38. The highest BCUT2D eigenvalue weighted by Crippen LogP contribution is 2.19. The van der Waals surface area contributed by atoms with E-state index in [1.54, 1.807) is 0 Å². The van der Waals surface area contributed by atoms with Gasteiger partial charge in [-0.1, -0.05) is 24.3 Å². The zero-order valence-corrected chi connectivity index (χ0v) is 12.6. The molecular weight excluding hydrogens is 246 g/mol. The summed E-state index contributed by atoms with van der Waals surface area (Å²) in [6, 6.07) is 9.90. The summed E-state index contributed by atoms with van der Waals surface area (Å²) in [4.78, 5) is 5.03. The van der Waals surface area contributed by atoms with Gasteiger partial charge in [0.25, 0.3) is 0 Å². The molecule has 1 saturated heterocycles. The molecule has 1 aromatic carbocycles. The van der Waals surface area contributed by atoms with Crippen molar-refractivity contribution in [3.05, 3.63) is 35.4 Å². The van der Waals surface area contributed by atoms with Crippen molar-refractivity contribution in [2.45, 2.75) is 38.4 Å². The lowest BCUT2D eigenvalue weighted by Gasteiger charge is -2.20. The summed E-state index contributed by atoms with van der Waals surface area (Å²) < 4.78 is 0. The third-order valence-corrected chi connectivity index (χ3v) is 4.38. The molecule has 1 heterocycles. The highest BCUT2D eigenvalue weighted by Gasteiger charge is 2.20. The lowest BCUT2D eigenvalue weighted by Crippen LogP contribution is -2.28. The molecule has 0 radical (unpaired) electrons. The lowest BCUT2D eigenvalue weighted by molar-refractivity contribution is 0.269. The van der Waals surface area contributed by atoms with E-state index in [4.69, 9.17) is 0 Å². The number of hydrogen-bond acceptors (Lipinski definition) is 3. The van der Waals surface area contributed by atoms with Crippen LogP contribution in [0.2, 0.25) is 0 Å². The first-order valence-electron chi connectivity index (χ1n) is 8.02. The van der Waals surface area contributed by atoms with Crippen molar-refractivity contribution >= 4 is 0 Å². The average molecular weight is 273 g/mol. The maximum absolute atomic E-state index is 3.60. The zero-order chi connectivity index (χ0) is 13.8. The molecule has 3 nitrogen and oxygen atoms in total. The SMILES string of the molecule is CN1CCCN(Cc2cccc(CNC3CC3)c2)CC1. The number of likely N-dealkylation sites (N-methyl/N-ethyl adjacent to an activating group) is 1. The van der Waals surface area contributed by atoms with Crippen molar-refractivity contribution in [1.82, 2.24) is 15.1 Å². The van der Waals surface area contributed by atoms with Gasteiger partial charge in [0.1, 0.15) is 0 Å². The van der Waals surface area contributed by atoms with E-state index in [0.717, 1.165) is 19.1 Å². The summed E-state index contributed by atoms with van der Waals surface area (Å²) in [7, 11) is 2.23. The van der Waals surface area contributed by atoms with Crippen LogP contribution in [0.25, 0.3) is 0 Å². The molecule has 0 unspecified atom stereocenters. The molecule has 1 N–H and O–H groups in total. The van der Waals surface area contributed by atoms with Gasteiger partial charge in [-0.15, -0.1) is 0 Å². The Balaban J connectivity index is 1.54. The number of hydrogen-bond donors (Lipinski definition) is 1. The molecule has 110 valence electrons. The van der Waals surface area contributed by atoms with Gasteiger partial charge in [-0.25, -0.2) is 0 Å². The van der Waals surface area contributed by atoms with Crippen LogP contribution >= 0.6 is 0 Å². The van der Waals surface area contributed by atoms with E-state index < -0.39 is 0 Å². The van der Waals surface area contributed by atoms with Crippen LogP contribution in [0.3, 0.4) is 0 Å². The first kappa shape index (κ1) is 14.1. The van der Waals surface area contributed by atoms with Gasteiger partial charge in [-0.2, -0.15) is 0 Å². The van der Waals surface area contributed by atoms with Crippen LogP contribution in [0.1, 0.15) is 30.4 Å². The monoisotopic (exact) mass is 273 g/mol. The van der Waals surface area contributed by atoms with Gasteiger partial charge in [0.2, 0.25) is 0 Å². The van der Waals surface area contributed by atoms with Crippen LogP contribution in [0.4, 0.5) is 0 Å². The third kappa shape index (κ3) is 4.30. The summed E-state index contributed by atoms with van der Waals surface area (Å²) in [5.74, 6) is 0. The van der Waals surface area contributed by atoms with Crippen molar-refractivity contribution in [2.24, 2.45) is 0 Å². The van der Waals surface area contributed by atoms with Crippen molar-refractivity contribution < 1.29 is 0 Å². The van der Waals surface area contributed by atoms with Crippen LogP contribution in [0, 0.1) is 0 Å². The van der Waals surface area contributed by atoms with Crippen LogP contribution in [0.15, 0.2) is 24.3 Å². The van der Waals surface area contributed by atoms with Crippen LogP contribution in [0.5, 0.6) is 0 Å². The van der Waals surface area contributed by atoms with E-state index in [1.807, 2.05) is 0 Å². The van der Waals surface area contributed by atoms with Gasteiger partial charge in [-0.3, -0.25) is 4.90 Å². The van der Waals surface area contributed by atoms with Crippen molar-refractivity contribution in [3.8, 4) is 0 Å². The fourth-order valence-electron chi connectivity index (χ4n) is 2.90. The van der Waals surface area contributed by atoms with Gasteiger partial charge in [0.05, 0.1) is 0 Å². The fraction of sp³-hybridized carbons (Fsp3) is 0.647. The summed E-state index contributed by atoms with van der Waals surface area (Å²) in [6.45, 7) is 6.99. The molecule has 0 spiro atoms. The molecule has 20 heavy (non-hydrogen) atoms. The molecule has 0 bridgehead atoms. The highest BCUT2D eigenvalue weighted by atomic mass is 15.2. The molecule has 2 fully saturated rings. The van der Waals surface area contributed by atoms with E-state index in [-0.39, 0.29) is 0 Å². The van der Waals surface area contributed by atoms with Crippen LogP contribution in [-0.4, -0.2) is 49.1 Å². The molecule has 3 heteroatoms. The second-order valence-corrected chi connectivity index (χ2v) is 6.41. The predicted octanol–water partition coefficient (Wildman–Crippen LogP) is 2.08. The van der Waals surface area contributed by atoms with E-state index >= 15 is 0 Å². The Labute approximate surface area is 123 Å². The van der Waals surface area contributed by atoms with Crippen LogP contribution < -0.4 is 5.32 Å². The quantitative estimate of drug-likeness (QED) is 0.886. The van der Waals surface area contributed by atoms with E-state index in [1.165, 1.54) is 56.6 Å². The number of nitrogens with one attached hydrogen (secondary N) is 1. The number of rotatable bonds is 5. The molecule has 1 aromatic rings. The Morgan fingerprint density at radius 3 is 2.80 bits per heavy atom. The van der Waals surface area contributed by atoms with Gasteiger partial charge >= 0.3 is 0 Å².